The Morgan fingerprint density at radius 3 is 1.69 bits per heavy atom. The molecular formula is C33H38ClP. The maximum Gasteiger partial charge on any atom is 0.115 e. The van der Waals surface area contributed by atoms with Crippen molar-refractivity contribution >= 4 is 23.2 Å². The fraction of sp³-hybridized carbons (Fsp3) is 0.273. The Bertz CT molecular complexity index is 1070. The summed E-state index contributed by atoms with van der Waals surface area (Å²) in [5.41, 5.74) is 4.70. The van der Waals surface area contributed by atoms with Crippen molar-refractivity contribution in [1.82, 2.24) is 0 Å². The Kier molecular flexibility index (Phi) is 9.34. The lowest BCUT2D eigenvalue weighted by Gasteiger charge is -2.33. The van der Waals surface area contributed by atoms with Crippen LogP contribution in [0.1, 0.15) is 47.0 Å². The minimum atomic E-state index is -1.82. The van der Waals surface area contributed by atoms with Gasteiger partial charge in [-0.3, -0.25) is 0 Å². The summed E-state index contributed by atoms with van der Waals surface area (Å²) in [6.07, 6.45) is 12.1. The van der Waals surface area contributed by atoms with Crippen molar-refractivity contribution in [3.8, 4) is 0 Å². The molecule has 0 aliphatic heterocycles. The Morgan fingerprint density at radius 2 is 1.26 bits per heavy atom. The largest absolute Gasteiger partial charge is 1.00 e. The van der Waals surface area contributed by atoms with Crippen molar-refractivity contribution in [2.45, 2.75) is 47.0 Å². The zero-order valence-electron chi connectivity index (χ0n) is 21.5. The third kappa shape index (κ3) is 6.06. The fourth-order valence-corrected chi connectivity index (χ4v) is 9.52. The second-order valence-corrected chi connectivity index (χ2v) is 13.7. The number of hydrogen-bond donors (Lipinski definition) is 0. The van der Waals surface area contributed by atoms with Crippen LogP contribution in [0.5, 0.6) is 0 Å². The molecule has 0 saturated heterocycles. The molecule has 0 radical (unpaired) electrons. The fourth-order valence-electron chi connectivity index (χ4n) is 5.38. The highest BCUT2D eigenvalue weighted by molar-refractivity contribution is 7.95. The van der Waals surface area contributed by atoms with Crippen LogP contribution in [0.4, 0.5) is 0 Å². The van der Waals surface area contributed by atoms with E-state index in [1.165, 1.54) is 46.3 Å². The smallest absolute Gasteiger partial charge is 0.115 e. The van der Waals surface area contributed by atoms with Crippen molar-refractivity contribution in [3.63, 3.8) is 0 Å². The summed E-state index contributed by atoms with van der Waals surface area (Å²) in [7, 11) is -1.82. The van der Waals surface area contributed by atoms with Gasteiger partial charge in [-0.1, -0.05) is 91.7 Å². The molecule has 35 heavy (non-hydrogen) atoms. The molecule has 0 nitrogen and oxygen atoms in total. The minimum absolute atomic E-state index is 0. The van der Waals surface area contributed by atoms with Crippen LogP contribution in [0.3, 0.4) is 0 Å². The number of halogens is 1. The van der Waals surface area contributed by atoms with E-state index in [0.29, 0.717) is 0 Å². The van der Waals surface area contributed by atoms with E-state index in [4.69, 9.17) is 0 Å². The van der Waals surface area contributed by atoms with Gasteiger partial charge in [-0.25, -0.2) is 0 Å². The van der Waals surface area contributed by atoms with Crippen molar-refractivity contribution < 1.29 is 12.4 Å². The lowest BCUT2D eigenvalue weighted by atomic mass is 9.72. The Hall–Kier alpha value is -2.40. The molecule has 0 aromatic heterocycles. The number of benzene rings is 3. The highest BCUT2D eigenvalue weighted by Gasteiger charge is 2.44. The average molecular weight is 501 g/mol. The van der Waals surface area contributed by atoms with Gasteiger partial charge in [0.25, 0.3) is 0 Å². The molecule has 0 N–H and O–H groups in total. The molecule has 3 aromatic carbocycles. The predicted molar refractivity (Wildman–Crippen MR) is 153 cm³/mol. The summed E-state index contributed by atoms with van der Waals surface area (Å²) in [4.78, 5) is 0. The summed E-state index contributed by atoms with van der Waals surface area (Å²) in [5.74, 6) is 0. The van der Waals surface area contributed by atoms with Gasteiger partial charge in [-0.05, 0) is 86.6 Å². The van der Waals surface area contributed by atoms with E-state index in [1.54, 1.807) is 5.57 Å². The summed E-state index contributed by atoms with van der Waals surface area (Å²) >= 11 is 0. The predicted octanol–water partition coefficient (Wildman–Crippen LogP) is 5.01. The van der Waals surface area contributed by atoms with E-state index < -0.39 is 7.26 Å². The van der Waals surface area contributed by atoms with Gasteiger partial charge < -0.3 is 12.4 Å². The first-order valence-corrected chi connectivity index (χ1v) is 14.5. The van der Waals surface area contributed by atoms with E-state index >= 15 is 0 Å². The molecule has 0 heterocycles. The molecule has 0 spiro atoms. The molecule has 2 heteroatoms. The van der Waals surface area contributed by atoms with Crippen molar-refractivity contribution in [2.75, 3.05) is 6.16 Å². The van der Waals surface area contributed by atoms with Gasteiger partial charge in [-0.2, -0.15) is 0 Å². The Balaban J connectivity index is 0.00000342. The second kappa shape index (κ2) is 12.0. The molecule has 3 aromatic rings. The minimum Gasteiger partial charge on any atom is -1.00 e. The third-order valence-electron chi connectivity index (χ3n) is 7.33. The first-order valence-electron chi connectivity index (χ1n) is 12.5. The van der Waals surface area contributed by atoms with Crippen LogP contribution < -0.4 is 28.3 Å². The zero-order valence-corrected chi connectivity index (χ0v) is 23.2. The number of rotatable bonds is 7. The van der Waals surface area contributed by atoms with Crippen LogP contribution in [-0.4, -0.2) is 6.16 Å². The lowest BCUT2D eigenvalue weighted by molar-refractivity contribution is -0.00000727. The van der Waals surface area contributed by atoms with Gasteiger partial charge in [-0.15, -0.1) is 0 Å². The Morgan fingerprint density at radius 1 is 0.800 bits per heavy atom. The maximum atomic E-state index is 2.48. The molecular weight excluding hydrogens is 463 g/mol. The van der Waals surface area contributed by atoms with Crippen LogP contribution in [0.2, 0.25) is 0 Å². The molecule has 1 aliphatic carbocycles. The SMILES string of the molecule is CC1=C(/C=C\C(C)=C\C[P+](c2ccccc2)(c2ccccc2)c2ccccc2)C(C)(C)CCC1.[Cl-]. The van der Waals surface area contributed by atoms with Crippen LogP contribution in [0.25, 0.3) is 0 Å². The zero-order chi connectivity index (χ0) is 24.0. The molecule has 0 atom stereocenters. The summed E-state index contributed by atoms with van der Waals surface area (Å²) in [5, 5.41) is 4.31. The van der Waals surface area contributed by atoms with Gasteiger partial charge in [0, 0.05) is 0 Å². The lowest BCUT2D eigenvalue weighted by Crippen LogP contribution is -3.00. The quantitative estimate of drug-likeness (QED) is 0.316. The van der Waals surface area contributed by atoms with Crippen molar-refractivity contribution in [1.29, 1.82) is 0 Å². The summed E-state index contributed by atoms with van der Waals surface area (Å²) < 4.78 is 0. The van der Waals surface area contributed by atoms with E-state index in [0.717, 1.165) is 6.16 Å². The number of hydrogen-bond acceptors (Lipinski definition) is 0. The highest BCUT2D eigenvalue weighted by Crippen LogP contribution is 2.55. The molecule has 1 aliphatic rings. The van der Waals surface area contributed by atoms with Crippen LogP contribution in [0, 0.1) is 5.41 Å². The van der Waals surface area contributed by atoms with Gasteiger partial charge in [0.1, 0.15) is 23.2 Å². The van der Waals surface area contributed by atoms with Gasteiger partial charge in [0.2, 0.25) is 0 Å². The topological polar surface area (TPSA) is 0 Å². The third-order valence-corrected chi connectivity index (χ3v) is 11.6. The molecule has 0 unspecified atom stereocenters. The normalized spacial score (nSPS) is 16.3. The molecule has 182 valence electrons. The second-order valence-electron chi connectivity index (χ2n) is 10.2. The van der Waals surface area contributed by atoms with Gasteiger partial charge >= 0.3 is 0 Å². The maximum absolute atomic E-state index is 2.48. The van der Waals surface area contributed by atoms with Crippen molar-refractivity contribution in [2.24, 2.45) is 5.41 Å². The van der Waals surface area contributed by atoms with Crippen LogP contribution in [-0.2, 0) is 0 Å². The first kappa shape index (κ1) is 27.2. The van der Waals surface area contributed by atoms with Crippen molar-refractivity contribution in [3.05, 3.63) is 126 Å². The first-order chi connectivity index (χ1) is 16.4. The summed E-state index contributed by atoms with van der Waals surface area (Å²) in [6.45, 7) is 9.37. The molecule has 0 bridgehead atoms. The standard InChI is InChI=1S/C33H38P.ClH/c1-27(22-23-32-28(2)15-14-25-33(32,3)4)24-26-34(29-16-8-5-9-17-29,30-18-10-6-11-19-30)31-20-12-7-13-21-31;/h5-13,16-24H,14-15,25-26H2,1-4H3;1H/q+1;/p-1/b23-22-,27-24+;. The Labute approximate surface area is 219 Å². The van der Waals surface area contributed by atoms with E-state index in [-0.39, 0.29) is 17.8 Å². The van der Waals surface area contributed by atoms with E-state index in [1.807, 2.05) is 0 Å². The van der Waals surface area contributed by atoms with Gasteiger partial charge in [0.05, 0.1) is 6.16 Å². The van der Waals surface area contributed by atoms with Gasteiger partial charge in [0.15, 0.2) is 0 Å². The molecule has 0 amide bonds. The van der Waals surface area contributed by atoms with E-state index in [2.05, 4.69) is 137 Å². The highest BCUT2D eigenvalue weighted by atomic mass is 35.5. The van der Waals surface area contributed by atoms with E-state index in [9.17, 15) is 0 Å². The molecule has 0 fully saturated rings. The van der Waals surface area contributed by atoms with Crippen LogP contribution in [0.15, 0.2) is 126 Å². The van der Waals surface area contributed by atoms with Crippen LogP contribution >= 0.6 is 7.26 Å². The molecule has 0 saturated carbocycles. The average Bonchev–Trinajstić information content (AvgIpc) is 2.86. The number of allylic oxidation sites excluding steroid dienone is 6. The monoisotopic (exact) mass is 500 g/mol. The summed E-state index contributed by atoms with van der Waals surface area (Å²) in [6, 6.07) is 33.4. The molecule has 4 rings (SSSR count).